The number of hydrogen-bond donors (Lipinski definition) is 1. The van der Waals surface area contributed by atoms with Crippen molar-refractivity contribution in [3.63, 3.8) is 0 Å². The van der Waals surface area contributed by atoms with E-state index in [0.717, 1.165) is 42.9 Å². The van der Waals surface area contributed by atoms with Crippen LogP contribution in [0.15, 0.2) is 36.7 Å². The molecule has 126 valence electrons. The van der Waals surface area contributed by atoms with Crippen LogP contribution in [0.3, 0.4) is 0 Å². The summed E-state index contributed by atoms with van der Waals surface area (Å²) in [6.07, 6.45) is 5.64. The Balaban J connectivity index is 1.96. The summed E-state index contributed by atoms with van der Waals surface area (Å²) in [4.78, 5) is 22.8. The number of benzene rings is 1. The second-order valence-electron chi connectivity index (χ2n) is 6.60. The van der Waals surface area contributed by atoms with Crippen molar-refractivity contribution in [3.8, 4) is 11.3 Å². The molecular formula is C19H23N3O2. The van der Waals surface area contributed by atoms with E-state index in [1.54, 1.807) is 30.6 Å². The molecule has 0 radical (unpaired) electrons. The van der Waals surface area contributed by atoms with Crippen LogP contribution >= 0.6 is 0 Å². The maximum absolute atomic E-state index is 11.2. The van der Waals surface area contributed by atoms with E-state index < -0.39 is 5.97 Å². The van der Waals surface area contributed by atoms with Crippen molar-refractivity contribution in [2.75, 3.05) is 13.1 Å². The second kappa shape index (κ2) is 7.09. The molecule has 0 bridgehead atoms. The Morgan fingerprint density at radius 3 is 2.83 bits per heavy atom. The van der Waals surface area contributed by atoms with Crippen LogP contribution in [0.25, 0.3) is 11.3 Å². The highest BCUT2D eigenvalue weighted by molar-refractivity contribution is 5.89. The number of carbonyl (C=O) groups is 1. The molecule has 1 fully saturated rings. The highest BCUT2D eigenvalue weighted by atomic mass is 16.4. The van der Waals surface area contributed by atoms with Gasteiger partial charge in [-0.05, 0) is 45.4 Å². The van der Waals surface area contributed by atoms with E-state index in [1.165, 1.54) is 0 Å². The van der Waals surface area contributed by atoms with Crippen molar-refractivity contribution >= 4 is 5.97 Å². The van der Waals surface area contributed by atoms with Crippen LogP contribution in [0.4, 0.5) is 0 Å². The Morgan fingerprint density at radius 1 is 1.29 bits per heavy atom. The largest absolute Gasteiger partial charge is 0.478 e. The van der Waals surface area contributed by atoms with E-state index >= 15 is 0 Å². The van der Waals surface area contributed by atoms with Gasteiger partial charge in [-0.15, -0.1) is 0 Å². The van der Waals surface area contributed by atoms with Gasteiger partial charge in [-0.3, -0.25) is 9.97 Å². The van der Waals surface area contributed by atoms with Crippen molar-refractivity contribution < 1.29 is 9.90 Å². The molecule has 5 heteroatoms. The predicted molar refractivity (Wildman–Crippen MR) is 93.1 cm³/mol. The summed E-state index contributed by atoms with van der Waals surface area (Å²) in [5.41, 5.74) is 2.87. The summed E-state index contributed by atoms with van der Waals surface area (Å²) in [6.45, 7) is 6.53. The fourth-order valence-electron chi connectivity index (χ4n) is 3.37. The van der Waals surface area contributed by atoms with Gasteiger partial charge in [0.1, 0.15) is 0 Å². The first kappa shape index (κ1) is 16.6. The van der Waals surface area contributed by atoms with Crippen molar-refractivity contribution in [1.82, 2.24) is 14.9 Å². The van der Waals surface area contributed by atoms with E-state index in [9.17, 15) is 9.90 Å². The Hall–Kier alpha value is -2.27. The molecule has 1 aromatic heterocycles. The molecule has 0 aliphatic carbocycles. The van der Waals surface area contributed by atoms with Crippen LogP contribution in [-0.2, 0) is 0 Å². The van der Waals surface area contributed by atoms with Crippen molar-refractivity contribution in [1.29, 1.82) is 0 Å². The summed E-state index contributed by atoms with van der Waals surface area (Å²) in [6, 6.07) is 7.46. The molecule has 2 heterocycles. The molecule has 24 heavy (non-hydrogen) atoms. The summed E-state index contributed by atoms with van der Waals surface area (Å²) < 4.78 is 0. The fraction of sp³-hybridized carbons (Fsp3) is 0.421. The average Bonchev–Trinajstić information content (AvgIpc) is 2.62. The molecule has 1 N–H and O–H groups in total. The molecule has 1 aliphatic rings. The van der Waals surface area contributed by atoms with Gasteiger partial charge in [0.25, 0.3) is 0 Å². The fourth-order valence-corrected chi connectivity index (χ4v) is 3.37. The molecule has 0 saturated carbocycles. The summed E-state index contributed by atoms with van der Waals surface area (Å²) in [5, 5.41) is 9.23. The number of likely N-dealkylation sites (tertiary alicyclic amines) is 1. The lowest BCUT2D eigenvalue weighted by molar-refractivity contribution is 0.0697. The molecule has 5 nitrogen and oxygen atoms in total. The predicted octanol–water partition coefficient (Wildman–Crippen LogP) is 3.43. The average molecular weight is 325 g/mol. The zero-order chi connectivity index (χ0) is 17.1. The van der Waals surface area contributed by atoms with Gasteiger partial charge >= 0.3 is 5.97 Å². The van der Waals surface area contributed by atoms with Crippen LogP contribution in [0.1, 0.15) is 48.7 Å². The molecule has 1 atom stereocenters. The van der Waals surface area contributed by atoms with Crippen molar-refractivity contribution in [2.24, 2.45) is 0 Å². The molecule has 0 spiro atoms. The van der Waals surface area contributed by atoms with E-state index in [0.29, 0.717) is 12.0 Å². The maximum Gasteiger partial charge on any atom is 0.335 e. The number of aromatic carboxylic acids is 1. The smallest absolute Gasteiger partial charge is 0.335 e. The van der Waals surface area contributed by atoms with Crippen molar-refractivity contribution in [2.45, 2.75) is 38.6 Å². The lowest BCUT2D eigenvalue weighted by Gasteiger charge is -2.35. The summed E-state index contributed by atoms with van der Waals surface area (Å²) >= 11 is 0. The third kappa shape index (κ3) is 3.46. The van der Waals surface area contributed by atoms with Gasteiger partial charge in [-0.2, -0.15) is 0 Å². The van der Waals surface area contributed by atoms with Crippen LogP contribution in [-0.4, -0.2) is 45.1 Å². The van der Waals surface area contributed by atoms with E-state index in [4.69, 9.17) is 0 Å². The molecule has 1 aliphatic heterocycles. The minimum atomic E-state index is -0.925. The van der Waals surface area contributed by atoms with Crippen LogP contribution in [0.5, 0.6) is 0 Å². The number of nitrogens with zero attached hydrogens (tertiary/aromatic N) is 3. The minimum Gasteiger partial charge on any atom is -0.478 e. The maximum atomic E-state index is 11.2. The molecule has 2 aromatic rings. The molecule has 1 aromatic carbocycles. The Kier molecular flexibility index (Phi) is 4.90. The first-order valence-electron chi connectivity index (χ1n) is 8.45. The van der Waals surface area contributed by atoms with E-state index in [-0.39, 0.29) is 5.56 Å². The normalized spacial score (nSPS) is 18.7. The Labute approximate surface area is 142 Å². The third-order valence-electron chi connectivity index (χ3n) is 4.68. The lowest BCUT2D eigenvalue weighted by atomic mass is 9.90. The van der Waals surface area contributed by atoms with Gasteiger partial charge in [-0.1, -0.05) is 12.1 Å². The quantitative estimate of drug-likeness (QED) is 0.933. The Bertz CT molecular complexity index is 730. The van der Waals surface area contributed by atoms with Crippen LogP contribution in [0, 0.1) is 0 Å². The first-order chi connectivity index (χ1) is 11.6. The van der Waals surface area contributed by atoms with Gasteiger partial charge in [0, 0.05) is 36.5 Å². The second-order valence-corrected chi connectivity index (χ2v) is 6.60. The number of rotatable bonds is 4. The van der Waals surface area contributed by atoms with Crippen LogP contribution < -0.4 is 0 Å². The number of carboxylic acid groups (broad SMARTS) is 1. The highest BCUT2D eigenvalue weighted by Gasteiger charge is 2.26. The van der Waals surface area contributed by atoms with Gasteiger partial charge < -0.3 is 10.0 Å². The minimum absolute atomic E-state index is 0.275. The standard InChI is InChI=1S/C19H23N3O2/c1-13(2)22-10-4-7-16(12-22)18-17(20-8-9-21-18)14-5-3-6-15(11-14)19(23)24/h3,5-6,8-9,11,13,16H,4,7,10,12H2,1-2H3,(H,23,24). The Morgan fingerprint density at radius 2 is 2.08 bits per heavy atom. The number of carboxylic acids is 1. The lowest BCUT2D eigenvalue weighted by Crippen LogP contribution is -2.39. The first-order valence-corrected chi connectivity index (χ1v) is 8.45. The van der Waals surface area contributed by atoms with Gasteiger partial charge in [-0.25, -0.2) is 4.79 Å². The van der Waals surface area contributed by atoms with Gasteiger partial charge in [0.2, 0.25) is 0 Å². The number of aromatic nitrogens is 2. The monoisotopic (exact) mass is 325 g/mol. The van der Waals surface area contributed by atoms with Crippen molar-refractivity contribution in [3.05, 3.63) is 47.9 Å². The van der Waals surface area contributed by atoms with Gasteiger partial charge in [0.15, 0.2) is 0 Å². The SMILES string of the molecule is CC(C)N1CCCC(c2nccnc2-c2cccc(C(=O)O)c2)C1. The number of hydrogen-bond acceptors (Lipinski definition) is 4. The zero-order valence-electron chi connectivity index (χ0n) is 14.1. The molecule has 1 saturated heterocycles. The summed E-state index contributed by atoms with van der Waals surface area (Å²) in [5.74, 6) is -0.593. The van der Waals surface area contributed by atoms with E-state index in [2.05, 4.69) is 28.7 Å². The topological polar surface area (TPSA) is 66.3 Å². The molecule has 1 unspecified atom stereocenters. The van der Waals surface area contributed by atoms with Gasteiger partial charge in [0.05, 0.1) is 17.0 Å². The third-order valence-corrected chi connectivity index (χ3v) is 4.68. The van der Waals surface area contributed by atoms with Crippen LogP contribution in [0.2, 0.25) is 0 Å². The zero-order valence-corrected chi connectivity index (χ0v) is 14.1. The summed E-state index contributed by atoms with van der Waals surface area (Å²) in [7, 11) is 0. The molecule has 0 amide bonds. The highest BCUT2D eigenvalue weighted by Crippen LogP contribution is 2.32. The number of piperidine rings is 1. The molecule has 3 rings (SSSR count). The van der Waals surface area contributed by atoms with E-state index in [1.807, 2.05) is 6.07 Å². The molecular weight excluding hydrogens is 302 g/mol.